The van der Waals surface area contributed by atoms with Gasteiger partial charge >= 0.3 is 5.97 Å². The summed E-state index contributed by atoms with van der Waals surface area (Å²) in [4.78, 5) is 11.6. The Hall–Kier alpha value is -1.12. The summed E-state index contributed by atoms with van der Waals surface area (Å²) < 4.78 is 18.0. The minimum atomic E-state index is -0.488. The number of allylic oxidation sites excluding steroid dienone is 3. The fourth-order valence-corrected chi connectivity index (χ4v) is 1.91. The number of esters is 1. The number of carbonyl (C=O) groups is 1. The summed E-state index contributed by atoms with van der Waals surface area (Å²) in [6, 6.07) is 0. The van der Waals surface area contributed by atoms with E-state index in [4.69, 9.17) is 4.74 Å². The van der Waals surface area contributed by atoms with Gasteiger partial charge < -0.3 is 4.74 Å². The monoisotopic (exact) mass is 226 g/mol. The average Bonchev–Trinajstić information content (AvgIpc) is 1.97. The van der Waals surface area contributed by atoms with Crippen molar-refractivity contribution in [3.63, 3.8) is 0 Å². The van der Waals surface area contributed by atoms with Crippen molar-refractivity contribution < 1.29 is 13.9 Å². The third kappa shape index (κ3) is 3.47. The van der Waals surface area contributed by atoms with Crippen LogP contribution in [0.5, 0.6) is 0 Å². The van der Waals surface area contributed by atoms with Crippen molar-refractivity contribution >= 4 is 5.97 Å². The van der Waals surface area contributed by atoms with Crippen molar-refractivity contribution in [3.05, 3.63) is 24.6 Å². The number of rotatable bonds is 4. The van der Waals surface area contributed by atoms with Crippen LogP contribution in [0.15, 0.2) is 24.6 Å². The molecule has 0 aromatic heterocycles. The van der Waals surface area contributed by atoms with Gasteiger partial charge in [-0.2, -0.15) is 0 Å². The van der Waals surface area contributed by atoms with E-state index in [1.165, 1.54) is 6.08 Å². The molecule has 1 aliphatic rings. The van der Waals surface area contributed by atoms with E-state index in [0.717, 1.165) is 0 Å². The topological polar surface area (TPSA) is 26.3 Å². The molecule has 1 rings (SSSR count). The standard InChI is InChI=1S/C13H19FO2/c1-5-6-13(7-10(14)8-13)9-11(15)16-12(2,3)4/h5,7H,1,6,8-9H2,2-4H3. The Bertz CT molecular complexity index is 325. The predicted octanol–water partition coefficient (Wildman–Crippen LogP) is 3.54. The molecule has 0 aliphatic heterocycles. The molecule has 0 saturated carbocycles. The van der Waals surface area contributed by atoms with Gasteiger partial charge in [-0.15, -0.1) is 6.58 Å². The summed E-state index contributed by atoms with van der Waals surface area (Å²) in [5, 5.41) is 0. The molecule has 0 spiro atoms. The van der Waals surface area contributed by atoms with Crippen molar-refractivity contribution in [1.29, 1.82) is 0 Å². The van der Waals surface area contributed by atoms with E-state index in [0.29, 0.717) is 12.8 Å². The largest absolute Gasteiger partial charge is 0.460 e. The van der Waals surface area contributed by atoms with Crippen molar-refractivity contribution in [1.82, 2.24) is 0 Å². The predicted molar refractivity (Wildman–Crippen MR) is 61.5 cm³/mol. The van der Waals surface area contributed by atoms with Crippen LogP contribution < -0.4 is 0 Å². The Labute approximate surface area is 96.2 Å². The highest BCUT2D eigenvalue weighted by Crippen LogP contribution is 2.46. The molecule has 16 heavy (non-hydrogen) atoms. The molecule has 0 bridgehead atoms. The summed E-state index contributed by atoms with van der Waals surface area (Å²) in [6.45, 7) is 9.10. The van der Waals surface area contributed by atoms with Gasteiger partial charge in [0.2, 0.25) is 0 Å². The van der Waals surface area contributed by atoms with Gasteiger partial charge in [-0.3, -0.25) is 4.79 Å². The van der Waals surface area contributed by atoms with Gasteiger partial charge in [-0.25, -0.2) is 4.39 Å². The number of hydrogen-bond acceptors (Lipinski definition) is 2. The molecule has 0 aromatic rings. The van der Waals surface area contributed by atoms with E-state index in [-0.39, 0.29) is 18.2 Å². The Morgan fingerprint density at radius 2 is 2.25 bits per heavy atom. The van der Waals surface area contributed by atoms with Crippen molar-refractivity contribution in [3.8, 4) is 0 Å². The fourth-order valence-electron chi connectivity index (χ4n) is 1.91. The number of carbonyl (C=O) groups excluding carboxylic acids is 1. The lowest BCUT2D eigenvalue weighted by atomic mass is 9.70. The summed E-state index contributed by atoms with van der Waals surface area (Å²) in [6.07, 6.45) is 4.38. The van der Waals surface area contributed by atoms with E-state index in [1.807, 2.05) is 20.8 Å². The maximum atomic E-state index is 12.8. The van der Waals surface area contributed by atoms with Crippen LogP contribution in [0.2, 0.25) is 0 Å². The van der Waals surface area contributed by atoms with Crippen molar-refractivity contribution in [2.75, 3.05) is 0 Å². The SMILES string of the molecule is C=CCC1(CC(=O)OC(C)(C)C)C=C(F)C1. The third-order valence-corrected chi connectivity index (χ3v) is 2.45. The molecule has 0 N–H and O–H groups in total. The first-order chi connectivity index (χ1) is 7.26. The minimum absolute atomic E-state index is 0.148. The van der Waals surface area contributed by atoms with Crippen molar-refractivity contribution in [2.24, 2.45) is 5.41 Å². The second-order valence-electron chi connectivity index (χ2n) is 5.39. The molecule has 0 fully saturated rings. The molecule has 2 nitrogen and oxygen atoms in total. The summed E-state index contributed by atoms with van der Waals surface area (Å²) >= 11 is 0. The summed E-state index contributed by atoms with van der Waals surface area (Å²) in [5.74, 6) is -0.427. The van der Waals surface area contributed by atoms with Gasteiger partial charge in [0.25, 0.3) is 0 Å². The molecule has 1 atom stereocenters. The van der Waals surface area contributed by atoms with Crippen LogP contribution in [0.1, 0.15) is 40.0 Å². The lowest BCUT2D eigenvalue weighted by Crippen LogP contribution is -2.32. The van der Waals surface area contributed by atoms with E-state index < -0.39 is 11.0 Å². The lowest BCUT2D eigenvalue weighted by molar-refractivity contribution is -0.157. The molecular weight excluding hydrogens is 207 g/mol. The molecule has 0 amide bonds. The van der Waals surface area contributed by atoms with Crippen LogP contribution in [-0.2, 0) is 9.53 Å². The van der Waals surface area contributed by atoms with Crippen LogP contribution in [0, 0.1) is 5.41 Å². The second-order valence-corrected chi connectivity index (χ2v) is 5.39. The van der Waals surface area contributed by atoms with E-state index in [2.05, 4.69) is 6.58 Å². The smallest absolute Gasteiger partial charge is 0.307 e. The van der Waals surface area contributed by atoms with Gasteiger partial charge in [-0.05, 0) is 33.3 Å². The molecule has 0 radical (unpaired) electrons. The molecule has 3 heteroatoms. The Morgan fingerprint density at radius 3 is 2.62 bits per heavy atom. The zero-order valence-electron chi connectivity index (χ0n) is 10.2. The number of hydrogen-bond donors (Lipinski definition) is 0. The van der Waals surface area contributed by atoms with Crippen LogP contribution in [-0.4, -0.2) is 11.6 Å². The van der Waals surface area contributed by atoms with Gasteiger partial charge in [0, 0.05) is 11.8 Å². The quantitative estimate of drug-likeness (QED) is 0.541. The van der Waals surface area contributed by atoms with E-state index >= 15 is 0 Å². The van der Waals surface area contributed by atoms with Gasteiger partial charge in [-0.1, -0.05) is 6.08 Å². The molecule has 1 aliphatic carbocycles. The highest BCUT2D eigenvalue weighted by atomic mass is 19.1. The minimum Gasteiger partial charge on any atom is -0.460 e. The Morgan fingerprint density at radius 1 is 1.69 bits per heavy atom. The zero-order chi connectivity index (χ0) is 12.4. The average molecular weight is 226 g/mol. The Balaban J connectivity index is 2.58. The highest BCUT2D eigenvalue weighted by Gasteiger charge is 2.39. The first-order valence-electron chi connectivity index (χ1n) is 5.46. The van der Waals surface area contributed by atoms with Gasteiger partial charge in [0.15, 0.2) is 0 Å². The van der Waals surface area contributed by atoms with Crippen molar-refractivity contribution in [2.45, 2.75) is 45.6 Å². The highest BCUT2D eigenvalue weighted by molar-refractivity contribution is 5.71. The van der Waals surface area contributed by atoms with Crippen LogP contribution in [0.4, 0.5) is 4.39 Å². The van der Waals surface area contributed by atoms with Crippen LogP contribution >= 0.6 is 0 Å². The Kier molecular flexibility index (Phi) is 3.56. The molecule has 0 heterocycles. The maximum absolute atomic E-state index is 12.8. The normalized spacial score (nSPS) is 24.4. The summed E-state index contributed by atoms with van der Waals surface area (Å²) in [7, 11) is 0. The molecular formula is C13H19FO2. The second kappa shape index (κ2) is 4.40. The first-order valence-corrected chi connectivity index (χ1v) is 5.46. The zero-order valence-corrected chi connectivity index (χ0v) is 10.2. The molecule has 0 aromatic carbocycles. The fraction of sp³-hybridized carbons (Fsp3) is 0.615. The lowest BCUT2D eigenvalue weighted by Gasteiger charge is -2.36. The number of ether oxygens (including phenoxy) is 1. The van der Waals surface area contributed by atoms with Crippen LogP contribution in [0.25, 0.3) is 0 Å². The van der Waals surface area contributed by atoms with E-state index in [9.17, 15) is 9.18 Å². The summed E-state index contributed by atoms with van der Waals surface area (Å²) in [5.41, 5.74) is -0.882. The molecule has 1 unspecified atom stereocenters. The van der Waals surface area contributed by atoms with Gasteiger partial charge in [0.05, 0.1) is 12.2 Å². The van der Waals surface area contributed by atoms with E-state index in [1.54, 1.807) is 6.08 Å². The first kappa shape index (κ1) is 12.9. The van der Waals surface area contributed by atoms with Crippen LogP contribution in [0.3, 0.4) is 0 Å². The number of halogens is 1. The molecule has 90 valence electrons. The maximum Gasteiger partial charge on any atom is 0.307 e. The third-order valence-electron chi connectivity index (χ3n) is 2.45. The van der Waals surface area contributed by atoms with Gasteiger partial charge in [0.1, 0.15) is 5.60 Å². The molecule has 0 saturated heterocycles.